The predicted octanol–water partition coefficient (Wildman–Crippen LogP) is 2.84. The average Bonchev–Trinajstić information content (AvgIpc) is 3.02. The summed E-state index contributed by atoms with van der Waals surface area (Å²) in [5, 5.41) is 0. The summed E-state index contributed by atoms with van der Waals surface area (Å²) >= 11 is 0. The summed E-state index contributed by atoms with van der Waals surface area (Å²) in [5.74, 6) is 0.842. The van der Waals surface area contributed by atoms with Crippen molar-refractivity contribution in [3.63, 3.8) is 0 Å². The van der Waals surface area contributed by atoms with Crippen LogP contribution in [-0.2, 0) is 22.4 Å². The zero-order valence-corrected chi connectivity index (χ0v) is 14.8. The van der Waals surface area contributed by atoms with E-state index in [1.165, 1.54) is 12.0 Å². The summed E-state index contributed by atoms with van der Waals surface area (Å²) in [6, 6.07) is 14.7. The minimum Gasteiger partial charge on any atom is -0.493 e. The van der Waals surface area contributed by atoms with Gasteiger partial charge in [0.25, 0.3) is 0 Å². The average molecular weight is 355 g/mol. The Morgan fingerprint density at radius 3 is 2.50 bits per heavy atom. The highest BCUT2D eigenvalue weighted by atomic mass is 16.6. The minimum atomic E-state index is -0.587. The summed E-state index contributed by atoms with van der Waals surface area (Å²) in [7, 11) is 3.09. The molecule has 1 heterocycles. The molecule has 26 heavy (non-hydrogen) atoms. The molecule has 0 aromatic heterocycles. The first-order valence-corrected chi connectivity index (χ1v) is 8.36. The lowest BCUT2D eigenvalue weighted by molar-refractivity contribution is -0.128. The van der Waals surface area contributed by atoms with Gasteiger partial charge in [-0.15, -0.1) is 0 Å². The van der Waals surface area contributed by atoms with Gasteiger partial charge in [0.15, 0.2) is 11.5 Å². The van der Waals surface area contributed by atoms with E-state index in [-0.39, 0.29) is 25.0 Å². The zero-order chi connectivity index (χ0) is 18.5. The number of imide groups is 1. The Bertz CT molecular complexity index is 790. The van der Waals surface area contributed by atoms with Crippen LogP contribution in [0.1, 0.15) is 11.1 Å². The number of nitrogens with zero attached hydrogens (tertiary/aromatic N) is 1. The first kappa shape index (κ1) is 17.8. The second-order valence-electron chi connectivity index (χ2n) is 6.05. The molecule has 3 rings (SSSR count). The number of hydrogen-bond donors (Lipinski definition) is 0. The fraction of sp³-hybridized carbons (Fsp3) is 0.300. The Kier molecular flexibility index (Phi) is 5.41. The summed E-state index contributed by atoms with van der Waals surface area (Å²) in [4.78, 5) is 26.0. The molecule has 6 nitrogen and oxygen atoms in total. The number of methoxy groups -OCH3 is 2. The Morgan fingerprint density at radius 2 is 1.81 bits per heavy atom. The first-order chi connectivity index (χ1) is 12.6. The monoisotopic (exact) mass is 355 g/mol. The number of amides is 2. The van der Waals surface area contributed by atoms with E-state index in [0.717, 1.165) is 11.1 Å². The molecule has 1 atom stereocenters. The van der Waals surface area contributed by atoms with Crippen molar-refractivity contribution in [2.45, 2.75) is 18.9 Å². The number of benzene rings is 2. The van der Waals surface area contributed by atoms with Crippen LogP contribution >= 0.6 is 0 Å². The second kappa shape index (κ2) is 7.91. The summed E-state index contributed by atoms with van der Waals surface area (Å²) < 4.78 is 15.6. The van der Waals surface area contributed by atoms with Crippen molar-refractivity contribution in [3.05, 3.63) is 59.7 Å². The topological polar surface area (TPSA) is 65.1 Å². The minimum absolute atomic E-state index is 0.0841. The molecule has 136 valence electrons. The molecule has 0 aliphatic carbocycles. The van der Waals surface area contributed by atoms with Crippen molar-refractivity contribution in [1.29, 1.82) is 0 Å². The quantitative estimate of drug-likeness (QED) is 0.797. The molecule has 2 aromatic carbocycles. The SMILES string of the molecule is COc1ccc(CC(=O)N2C(=O)OC[C@H]2Cc2ccccc2)cc1OC. The van der Waals surface area contributed by atoms with Crippen molar-refractivity contribution in [1.82, 2.24) is 4.90 Å². The maximum atomic E-state index is 12.7. The van der Waals surface area contributed by atoms with Crippen LogP contribution in [0.3, 0.4) is 0 Å². The Balaban J connectivity index is 1.73. The largest absolute Gasteiger partial charge is 0.493 e. The van der Waals surface area contributed by atoms with Crippen molar-refractivity contribution >= 4 is 12.0 Å². The Hall–Kier alpha value is -3.02. The molecule has 1 fully saturated rings. The summed E-state index contributed by atoms with van der Waals surface area (Å²) in [5.41, 5.74) is 1.80. The lowest BCUT2D eigenvalue weighted by atomic mass is 10.0. The van der Waals surface area contributed by atoms with Crippen molar-refractivity contribution < 1.29 is 23.8 Å². The van der Waals surface area contributed by atoms with Gasteiger partial charge in [0.05, 0.1) is 26.7 Å². The van der Waals surface area contributed by atoms with Crippen LogP contribution in [0.25, 0.3) is 0 Å². The lowest BCUT2D eigenvalue weighted by Gasteiger charge is -2.20. The predicted molar refractivity (Wildman–Crippen MR) is 95.4 cm³/mol. The van der Waals surface area contributed by atoms with Crippen molar-refractivity contribution in [2.75, 3.05) is 20.8 Å². The Labute approximate surface area is 152 Å². The Morgan fingerprint density at radius 1 is 1.08 bits per heavy atom. The fourth-order valence-electron chi connectivity index (χ4n) is 3.05. The maximum absolute atomic E-state index is 12.7. The van der Waals surface area contributed by atoms with Gasteiger partial charge in [0.2, 0.25) is 5.91 Å². The van der Waals surface area contributed by atoms with E-state index in [1.54, 1.807) is 25.3 Å². The number of carbonyl (C=O) groups excluding carboxylic acids is 2. The number of rotatable bonds is 6. The number of carbonyl (C=O) groups is 2. The second-order valence-corrected chi connectivity index (χ2v) is 6.05. The summed E-state index contributed by atoms with van der Waals surface area (Å²) in [6.07, 6.45) is 0.0711. The van der Waals surface area contributed by atoms with Gasteiger partial charge in [0.1, 0.15) is 6.61 Å². The third-order valence-corrected chi connectivity index (χ3v) is 4.35. The van der Waals surface area contributed by atoms with Crippen molar-refractivity contribution in [3.8, 4) is 11.5 Å². The first-order valence-electron chi connectivity index (χ1n) is 8.36. The molecule has 0 radical (unpaired) electrons. The van der Waals surface area contributed by atoms with Gasteiger partial charge < -0.3 is 14.2 Å². The highest BCUT2D eigenvalue weighted by Crippen LogP contribution is 2.28. The molecule has 1 aliphatic rings. The highest BCUT2D eigenvalue weighted by molar-refractivity contribution is 5.94. The van der Waals surface area contributed by atoms with Gasteiger partial charge in [-0.25, -0.2) is 9.69 Å². The molecular formula is C20H21NO5. The fourth-order valence-corrected chi connectivity index (χ4v) is 3.05. The van der Waals surface area contributed by atoms with Crippen LogP contribution in [0.15, 0.2) is 48.5 Å². The molecule has 0 N–H and O–H groups in total. The molecule has 1 saturated heterocycles. The third-order valence-electron chi connectivity index (χ3n) is 4.35. The molecule has 0 saturated carbocycles. The van der Waals surface area contributed by atoms with Crippen LogP contribution < -0.4 is 9.47 Å². The molecule has 0 spiro atoms. The van der Waals surface area contributed by atoms with Gasteiger partial charge in [-0.1, -0.05) is 36.4 Å². The van der Waals surface area contributed by atoms with E-state index < -0.39 is 6.09 Å². The maximum Gasteiger partial charge on any atom is 0.416 e. The normalized spacial score (nSPS) is 16.3. The molecule has 6 heteroatoms. The smallest absolute Gasteiger partial charge is 0.416 e. The molecule has 1 aliphatic heterocycles. The molecule has 0 unspecified atom stereocenters. The van der Waals surface area contributed by atoms with Crippen LogP contribution in [0.4, 0.5) is 4.79 Å². The molecular weight excluding hydrogens is 334 g/mol. The van der Waals surface area contributed by atoms with Crippen LogP contribution in [0.5, 0.6) is 11.5 Å². The lowest BCUT2D eigenvalue weighted by Crippen LogP contribution is -2.41. The number of cyclic esters (lactones) is 1. The molecule has 2 amide bonds. The standard InChI is InChI=1S/C20H21NO5/c1-24-17-9-8-15(11-18(17)25-2)12-19(22)21-16(13-26-20(21)23)10-14-6-4-3-5-7-14/h3-9,11,16H,10,12-13H2,1-2H3/t16-/m1/s1. The van der Waals surface area contributed by atoms with Crippen molar-refractivity contribution in [2.24, 2.45) is 0 Å². The molecule has 0 bridgehead atoms. The van der Waals surface area contributed by atoms with E-state index in [0.29, 0.717) is 17.9 Å². The van der Waals surface area contributed by atoms with E-state index >= 15 is 0 Å². The van der Waals surface area contributed by atoms with Crippen LogP contribution in [0, 0.1) is 0 Å². The van der Waals surface area contributed by atoms with E-state index in [2.05, 4.69) is 0 Å². The van der Waals surface area contributed by atoms with E-state index in [4.69, 9.17) is 14.2 Å². The van der Waals surface area contributed by atoms with Gasteiger partial charge in [-0.3, -0.25) is 4.79 Å². The third kappa shape index (κ3) is 3.79. The number of hydrogen-bond acceptors (Lipinski definition) is 5. The van der Waals surface area contributed by atoms with E-state index in [9.17, 15) is 9.59 Å². The van der Waals surface area contributed by atoms with Gasteiger partial charge in [0, 0.05) is 0 Å². The van der Waals surface area contributed by atoms with Gasteiger partial charge in [-0.2, -0.15) is 0 Å². The number of ether oxygens (including phenoxy) is 3. The van der Waals surface area contributed by atoms with Crippen LogP contribution in [-0.4, -0.2) is 43.8 Å². The summed E-state index contributed by atoms with van der Waals surface area (Å²) in [6.45, 7) is 0.214. The van der Waals surface area contributed by atoms with E-state index in [1.807, 2.05) is 30.3 Å². The molecule has 2 aromatic rings. The van der Waals surface area contributed by atoms with Gasteiger partial charge >= 0.3 is 6.09 Å². The van der Waals surface area contributed by atoms with Gasteiger partial charge in [-0.05, 0) is 29.7 Å². The zero-order valence-electron chi connectivity index (χ0n) is 14.8. The van der Waals surface area contributed by atoms with Crippen LogP contribution in [0.2, 0.25) is 0 Å². The highest BCUT2D eigenvalue weighted by Gasteiger charge is 2.37.